The van der Waals surface area contributed by atoms with Crippen molar-refractivity contribution in [2.24, 2.45) is 0 Å². The van der Waals surface area contributed by atoms with E-state index >= 15 is 0 Å². The Morgan fingerprint density at radius 1 is 1.04 bits per heavy atom. The van der Waals surface area contributed by atoms with E-state index in [2.05, 4.69) is 4.72 Å². The quantitative estimate of drug-likeness (QED) is 0.901. The Hall–Kier alpha value is -2.05. The van der Waals surface area contributed by atoms with Crippen LogP contribution in [0, 0.1) is 13.8 Å². The van der Waals surface area contributed by atoms with Crippen LogP contribution in [-0.4, -0.2) is 33.3 Å². The third kappa shape index (κ3) is 3.88. The van der Waals surface area contributed by atoms with Crippen molar-refractivity contribution >= 4 is 33.2 Å². The largest absolute Gasteiger partial charge is 0.345 e. The number of hydrogen-bond acceptors (Lipinski definition) is 3. The molecule has 0 aliphatic rings. The molecule has 0 aromatic heterocycles. The number of amides is 1. The molecule has 5 nitrogen and oxygen atoms in total. The van der Waals surface area contributed by atoms with Crippen LogP contribution in [-0.2, 0) is 10.0 Å². The second-order valence-electron chi connectivity index (χ2n) is 5.75. The number of nitrogens with zero attached hydrogens (tertiary/aromatic N) is 1. The lowest BCUT2D eigenvalue weighted by molar-refractivity contribution is 0.0827. The molecule has 0 spiro atoms. The molecule has 1 amide bonds. The van der Waals surface area contributed by atoms with Gasteiger partial charge in [-0.05, 0) is 55.3 Å². The maximum absolute atomic E-state index is 12.6. The molecule has 0 saturated carbocycles. The van der Waals surface area contributed by atoms with Gasteiger partial charge in [0.15, 0.2) is 0 Å². The van der Waals surface area contributed by atoms with Crippen LogP contribution in [0.15, 0.2) is 41.3 Å². The number of halogens is 1. The van der Waals surface area contributed by atoms with Gasteiger partial charge in [0.25, 0.3) is 15.9 Å². The van der Waals surface area contributed by atoms with Crippen LogP contribution in [0.2, 0.25) is 5.02 Å². The van der Waals surface area contributed by atoms with Gasteiger partial charge in [0.1, 0.15) is 0 Å². The molecule has 1 N–H and O–H groups in total. The van der Waals surface area contributed by atoms with E-state index in [1.807, 2.05) is 19.9 Å². The molecule has 2 aromatic rings. The molecule has 0 saturated heterocycles. The number of anilines is 1. The maximum atomic E-state index is 12.6. The minimum atomic E-state index is -3.82. The van der Waals surface area contributed by atoms with Crippen LogP contribution in [0.5, 0.6) is 0 Å². The lowest BCUT2D eigenvalue weighted by Crippen LogP contribution is -2.22. The first-order valence-electron chi connectivity index (χ1n) is 7.23. The third-order valence-electron chi connectivity index (χ3n) is 3.64. The van der Waals surface area contributed by atoms with E-state index in [-0.39, 0.29) is 21.4 Å². The van der Waals surface area contributed by atoms with Gasteiger partial charge in [0, 0.05) is 19.8 Å². The highest BCUT2D eigenvalue weighted by Crippen LogP contribution is 2.24. The molecule has 2 rings (SSSR count). The predicted octanol–water partition coefficient (Wildman–Crippen LogP) is 3.46. The summed E-state index contributed by atoms with van der Waals surface area (Å²) >= 11 is 6.02. The van der Waals surface area contributed by atoms with Gasteiger partial charge in [0.05, 0.1) is 15.5 Å². The number of sulfonamides is 1. The Morgan fingerprint density at radius 3 is 2.29 bits per heavy atom. The highest BCUT2D eigenvalue weighted by atomic mass is 35.5. The van der Waals surface area contributed by atoms with Gasteiger partial charge in [-0.1, -0.05) is 17.7 Å². The lowest BCUT2D eigenvalue weighted by Gasteiger charge is -2.14. The summed E-state index contributed by atoms with van der Waals surface area (Å²) in [4.78, 5) is 13.4. The minimum absolute atomic E-state index is 0.0182. The van der Waals surface area contributed by atoms with E-state index in [4.69, 9.17) is 11.6 Å². The Labute approximate surface area is 147 Å². The molecular formula is C17H19ClN2O3S. The standard InChI is InChI=1S/C17H19ClN2O3S/c1-11-5-6-13(9-12(11)2)19-24(22,23)14-7-8-16(18)15(10-14)17(21)20(3)4/h5-10,19H,1-4H3. The van der Waals surface area contributed by atoms with Gasteiger partial charge in [-0.3, -0.25) is 9.52 Å². The number of benzene rings is 2. The van der Waals surface area contributed by atoms with Gasteiger partial charge in [0.2, 0.25) is 0 Å². The van der Waals surface area contributed by atoms with Gasteiger partial charge in [-0.15, -0.1) is 0 Å². The number of nitrogens with one attached hydrogen (secondary N) is 1. The first-order valence-corrected chi connectivity index (χ1v) is 9.09. The van der Waals surface area contributed by atoms with Crippen LogP contribution in [0.25, 0.3) is 0 Å². The molecule has 0 aliphatic carbocycles. The molecule has 128 valence electrons. The monoisotopic (exact) mass is 366 g/mol. The Morgan fingerprint density at radius 2 is 1.71 bits per heavy atom. The molecular weight excluding hydrogens is 348 g/mol. The number of aryl methyl sites for hydroxylation is 2. The van der Waals surface area contributed by atoms with E-state index in [0.717, 1.165) is 11.1 Å². The van der Waals surface area contributed by atoms with Gasteiger partial charge in [-0.2, -0.15) is 0 Å². The number of carbonyl (C=O) groups excluding carboxylic acids is 1. The Balaban J connectivity index is 2.40. The van der Waals surface area contributed by atoms with Crippen LogP contribution in [0.1, 0.15) is 21.5 Å². The number of hydrogen-bond donors (Lipinski definition) is 1. The summed E-state index contributed by atoms with van der Waals surface area (Å²) in [6, 6.07) is 9.37. The van der Waals surface area contributed by atoms with E-state index < -0.39 is 10.0 Å². The zero-order chi connectivity index (χ0) is 18.1. The Kier molecular flexibility index (Phi) is 5.20. The zero-order valence-corrected chi connectivity index (χ0v) is 15.5. The van der Waals surface area contributed by atoms with Crippen molar-refractivity contribution in [1.29, 1.82) is 0 Å². The van der Waals surface area contributed by atoms with Crippen LogP contribution >= 0.6 is 11.6 Å². The average Bonchev–Trinajstić information content (AvgIpc) is 2.50. The van der Waals surface area contributed by atoms with Crippen molar-refractivity contribution in [3.05, 3.63) is 58.1 Å². The first-order chi connectivity index (χ1) is 11.1. The summed E-state index contributed by atoms with van der Waals surface area (Å²) < 4.78 is 27.7. The molecule has 2 aromatic carbocycles. The summed E-state index contributed by atoms with van der Waals surface area (Å²) in [5, 5.41) is 0.207. The fourth-order valence-corrected chi connectivity index (χ4v) is 3.37. The molecule has 0 bridgehead atoms. The van der Waals surface area contributed by atoms with E-state index in [9.17, 15) is 13.2 Å². The van der Waals surface area contributed by atoms with Crippen LogP contribution < -0.4 is 4.72 Å². The topological polar surface area (TPSA) is 66.5 Å². The molecule has 24 heavy (non-hydrogen) atoms. The molecule has 0 aliphatic heterocycles. The highest BCUT2D eigenvalue weighted by molar-refractivity contribution is 7.92. The fourth-order valence-electron chi connectivity index (χ4n) is 2.10. The van der Waals surface area contributed by atoms with Crippen molar-refractivity contribution in [1.82, 2.24) is 4.90 Å². The highest BCUT2D eigenvalue weighted by Gasteiger charge is 2.20. The second kappa shape index (κ2) is 6.83. The summed E-state index contributed by atoms with van der Waals surface area (Å²) in [6.45, 7) is 3.86. The van der Waals surface area contributed by atoms with Crippen LogP contribution in [0.3, 0.4) is 0 Å². The summed E-state index contributed by atoms with van der Waals surface area (Å²) in [5.41, 5.74) is 2.66. The van der Waals surface area contributed by atoms with E-state index in [1.165, 1.54) is 23.1 Å². The Bertz CT molecular complexity index is 893. The maximum Gasteiger partial charge on any atom is 0.261 e. The SMILES string of the molecule is Cc1ccc(NS(=O)(=O)c2ccc(Cl)c(C(=O)N(C)C)c2)cc1C. The van der Waals surface area contributed by atoms with E-state index in [0.29, 0.717) is 5.69 Å². The molecule has 7 heteroatoms. The van der Waals surface area contributed by atoms with E-state index in [1.54, 1.807) is 26.2 Å². The van der Waals surface area contributed by atoms with Crippen molar-refractivity contribution in [2.75, 3.05) is 18.8 Å². The first kappa shape index (κ1) is 18.3. The third-order valence-corrected chi connectivity index (χ3v) is 5.35. The molecule has 0 fully saturated rings. The van der Waals surface area contributed by atoms with Crippen molar-refractivity contribution < 1.29 is 13.2 Å². The normalized spacial score (nSPS) is 11.2. The number of rotatable bonds is 4. The van der Waals surface area contributed by atoms with Crippen molar-refractivity contribution in [2.45, 2.75) is 18.7 Å². The second-order valence-corrected chi connectivity index (χ2v) is 7.84. The minimum Gasteiger partial charge on any atom is -0.345 e. The fraction of sp³-hybridized carbons (Fsp3) is 0.235. The predicted molar refractivity (Wildman–Crippen MR) is 96.2 cm³/mol. The van der Waals surface area contributed by atoms with Crippen molar-refractivity contribution in [3.63, 3.8) is 0 Å². The molecule has 0 atom stereocenters. The average molecular weight is 367 g/mol. The molecule has 0 heterocycles. The van der Waals surface area contributed by atoms with Crippen molar-refractivity contribution in [3.8, 4) is 0 Å². The summed E-state index contributed by atoms with van der Waals surface area (Å²) in [7, 11) is -0.668. The summed E-state index contributed by atoms with van der Waals surface area (Å²) in [5.74, 6) is -0.358. The van der Waals surface area contributed by atoms with Gasteiger partial charge in [-0.25, -0.2) is 8.42 Å². The van der Waals surface area contributed by atoms with Crippen LogP contribution in [0.4, 0.5) is 5.69 Å². The number of carbonyl (C=O) groups is 1. The lowest BCUT2D eigenvalue weighted by atomic mass is 10.1. The molecule has 0 unspecified atom stereocenters. The summed E-state index contributed by atoms with van der Waals surface area (Å²) in [6.07, 6.45) is 0. The van der Waals surface area contributed by atoms with Gasteiger partial charge < -0.3 is 4.90 Å². The zero-order valence-electron chi connectivity index (χ0n) is 13.9. The molecule has 0 radical (unpaired) electrons. The smallest absolute Gasteiger partial charge is 0.261 e. The van der Waals surface area contributed by atoms with Gasteiger partial charge >= 0.3 is 0 Å².